The average molecular weight is 265 g/mol. The van der Waals surface area contributed by atoms with E-state index in [0.29, 0.717) is 19.5 Å². The second-order valence-electron chi connectivity index (χ2n) is 4.07. The third-order valence-electron chi connectivity index (χ3n) is 2.87. The van der Waals surface area contributed by atoms with Crippen LogP contribution in [0, 0.1) is 5.92 Å². The summed E-state index contributed by atoms with van der Waals surface area (Å²) >= 11 is 4.94. The molecular formula is C13H19N3OS. The van der Waals surface area contributed by atoms with Gasteiger partial charge in [0, 0.05) is 25.5 Å². The second-order valence-corrected chi connectivity index (χ2v) is 4.54. The van der Waals surface area contributed by atoms with E-state index < -0.39 is 0 Å². The molecule has 0 radical (unpaired) electrons. The molecule has 1 heterocycles. The Morgan fingerprint density at radius 2 is 2.06 bits per heavy atom. The lowest BCUT2D eigenvalue weighted by atomic mass is 10.0. The lowest BCUT2D eigenvalue weighted by Crippen LogP contribution is -2.40. The zero-order valence-corrected chi connectivity index (χ0v) is 11.6. The van der Waals surface area contributed by atoms with E-state index in [1.165, 1.54) is 0 Å². The van der Waals surface area contributed by atoms with Gasteiger partial charge in [0.1, 0.15) is 0 Å². The van der Waals surface area contributed by atoms with Gasteiger partial charge in [-0.2, -0.15) is 0 Å². The minimum Gasteiger partial charge on any atom is -0.393 e. The molecule has 1 aromatic rings. The summed E-state index contributed by atoms with van der Waals surface area (Å²) in [5.41, 5.74) is 6.66. The van der Waals surface area contributed by atoms with E-state index in [1.54, 1.807) is 17.3 Å². The van der Waals surface area contributed by atoms with E-state index in [4.69, 9.17) is 18.0 Å². The van der Waals surface area contributed by atoms with Crippen molar-refractivity contribution in [3.05, 3.63) is 30.1 Å². The van der Waals surface area contributed by atoms with Gasteiger partial charge in [0.2, 0.25) is 5.91 Å². The third kappa shape index (κ3) is 3.77. The van der Waals surface area contributed by atoms with Crippen LogP contribution < -0.4 is 5.73 Å². The molecule has 98 valence electrons. The van der Waals surface area contributed by atoms with E-state index in [9.17, 15) is 4.79 Å². The van der Waals surface area contributed by atoms with Gasteiger partial charge in [-0.25, -0.2) is 0 Å². The molecule has 1 aromatic heterocycles. The number of pyridine rings is 1. The minimum atomic E-state index is -0.359. The molecule has 1 amide bonds. The summed E-state index contributed by atoms with van der Waals surface area (Å²) in [5.74, 6) is -0.355. The maximum Gasteiger partial charge on any atom is 0.232 e. The fourth-order valence-corrected chi connectivity index (χ4v) is 2.04. The number of carbonyl (C=O) groups excluding carboxylic acids is 1. The van der Waals surface area contributed by atoms with Crippen LogP contribution in [-0.2, 0) is 11.3 Å². The van der Waals surface area contributed by atoms with Gasteiger partial charge in [-0.3, -0.25) is 9.78 Å². The van der Waals surface area contributed by atoms with Crippen LogP contribution in [0.2, 0.25) is 0 Å². The van der Waals surface area contributed by atoms with E-state index in [-0.39, 0.29) is 16.8 Å². The number of hydrogen-bond donors (Lipinski definition) is 1. The van der Waals surface area contributed by atoms with Crippen LogP contribution >= 0.6 is 12.2 Å². The van der Waals surface area contributed by atoms with Crippen molar-refractivity contribution in [3.63, 3.8) is 0 Å². The van der Waals surface area contributed by atoms with Crippen molar-refractivity contribution in [3.8, 4) is 0 Å². The molecule has 1 rings (SSSR count). The molecule has 18 heavy (non-hydrogen) atoms. The first-order valence-electron chi connectivity index (χ1n) is 6.07. The van der Waals surface area contributed by atoms with Crippen molar-refractivity contribution < 1.29 is 4.79 Å². The molecule has 0 saturated heterocycles. The third-order valence-corrected chi connectivity index (χ3v) is 3.15. The van der Waals surface area contributed by atoms with Gasteiger partial charge in [0.25, 0.3) is 0 Å². The van der Waals surface area contributed by atoms with Crippen molar-refractivity contribution in [1.82, 2.24) is 9.88 Å². The van der Waals surface area contributed by atoms with E-state index in [1.807, 2.05) is 26.0 Å². The maximum atomic E-state index is 12.3. The predicted octanol–water partition coefficient (Wildman–Crippen LogP) is 1.74. The van der Waals surface area contributed by atoms with Crippen molar-refractivity contribution >= 4 is 23.1 Å². The van der Waals surface area contributed by atoms with Crippen LogP contribution in [0.15, 0.2) is 24.5 Å². The van der Waals surface area contributed by atoms with Gasteiger partial charge < -0.3 is 10.6 Å². The first kappa shape index (κ1) is 14.6. The minimum absolute atomic E-state index is 0.00399. The lowest BCUT2D eigenvalue weighted by Gasteiger charge is -2.25. The highest BCUT2D eigenvalue weighted by Crippen LogP contribution is 2.11. The van der Waals surface area contributed by atoms with Crippen LogP contribution in [0.3, 0.4) is 0 Å². The van der Waals surface area contributed by atoms with Crippen LogP contribution in [0.4, 0.5) is 0 Å². The van der Waals surface area contributed by atoms with Gasteiger partial charge in [0.05, 0.1) is 10.9 Å². The number of carbonyl (C=O) groups is 1. The molecule has 0 bridgehead atoms. The monoisotopic (exact) mass is 265 g/mol. The lowest BCUT2D eigenvalue weighted by molar-refractivity contribution is -0.133. The smallest absolute Gasteiger partial charge is 0.232 e. The molecule has 0 saturated carbocycles. The Hall–Kier alpha value is -1.49. The fraction of sp³-hybridized carbons (Fsp3) is 0.462. The molecule has 0 spiro atoms. The molecule has 4 nitrogen and oxygen atoms in total. The molecule has 0 aromatic carbocycles. The van der Waals surface area contributed by atoms with E-state index in [2.05, 4.69) is 4.98 Å². The van der Waals surface area contributed by atoms with Gasteiger partial charge in [-0.15, -0.1) is 0 Å². The first-order chi connectivity index (χ1) is 8.60. The predicted molar refractivity (Wildman–Crippen MR) is 75.9 cm³/mol. The molecule has 2 N–H and O–H groups in total. The van der Waals surface area contributed by atoms with Crippen LogP contribution in [0.1, 0.15) is 25.8 Å². The summed E-state index contributed by atoms with van der Waals surface area (Å²) in [5, 5.41) is 0. The summed E-state index contributed by atoms with van der Waals surface area (Å²) in [4.78, 5) is 18.3. The Kier molecular flexibility index (Phi) is 5.71. The van der Waals surface area contributed by atoms with Gasteiger partial charge in [-0.1, -0.05) is 19.1 Å². The Labute approximate surface area is 113 Å². The molecule has 1 unspecified atom stereocenters. The van der Waals surface area contributed by atoms with Crippen LogP contribution in [-0.4, -0.2) is 27.3 Å². The molecule has 0 aliphatic rings. The van der Waals surface area contributed by atoms with Crippen molar-refractivity contribution in [1.29, 1.82) is 0 Å². The Balaban J connectivity index is 2.77. The highest BCUT2D eigenvalue weighted by atomic mass is 32.1. The highest BCUT2D eigenvalue weighted by molar-refractivity contribution is 7.80. The standard InChI is InChI=1S/C13H19N3OS/c1-3-11(12(14)18)13(17)16(4-2)9-10-5-7-15-8-6-10/h5-8,11H,3-4,9H2,1-2H3,(H2,14,18). The van der Waals surface area contributed by atoms with E-state index >= 15 is 0 Å². The normalized spacial score (nSPS) is 11.9. The average Bonchev–Trinajstić information content (AvgIpc) is 2.37. The second kappa shape index (κ2) is 7.06. The highest BCUT2D eigenvalue weighted by Gasteiger charge is 2.24. The van der Waals surface area contributed by atoms with E-state index in [0.717, 1.165) is 5.56 Å². The van der Waals surface area contributed by atoms with Crippen molar-refractivity contribution in [2.24, 2.45) is 11.7 Å². The number of rotatable bonds is 6. The topological polar surface area (TPSA) is 59.2 Å². The number of hydrogen-bond acceptors (Lipinski definition) is 3. The molecule has 0 fully saturated rings. The molecule has 0 aliphatic carbocycles. The van der Waals surface area contributed by atoms with Crippen LogP contribution in [0.25, 0.3) is 0 Å². The first-order valence-corrected chi connectivity index (χ1v) is 6.48. The quantitative estimate of drug-likeness (QED) is 0.796. The Morgan fingerprint density at radius 3 is 2.50 bits per heavy atom. The number of amides is 1. The van der Waals surface area contributed by atoms with Crippen molar-refractivity contribution in [2.75, 3.05) is 6.54 Å². The fourth-order valence-electron chi connectivity index (χ4n) is 1.77. The van der Waals surface area contributed by atoms with Crippen LogP contribution in [0.5, 0.6) is 0 Å². The summed E-state index contributed by atoms with van der Waals surface area (Å²) in [6, 6.07) is 3.80. The zero-order chi connectivity index (χ0) is 13.5. The maximum absolute atomic E-state index is 12.3. The SMILES string of the molecule is CCC(C(=O)N(CC)Cc1ccncc1)C(N)=S. The summed E-state index contributed by atoms with van der Waals surface area (Å²) in [6.45, 7) is 5.07. The molecule has 0 aliphatic heterocycles. The van der Waals surface area contributed by atoms with Gasteiger partial charge in [0.15, 0.2) is 0 Å². The number of aromatic nitrogens is 1. The molecular weight excluding hydrogens is 246 g/mol. The Morgan fingerprint density at radius 1 is 1.44 bits per heavy atom. The number of nitrogens with two attached hydrogens (primary N) is 1. The largest absolute Gasteiger partial charge is 0.393 e. The van der Waals surface area contributed by atoms with Crippen molar-refractivity contribution in [2.45, 2.75) is 26.8 Å². The van der Waals surface area contributed by atoms with Gasteiger partial charge >= 0.3 is 0 Å². The number of nitrogens with zero attached hydrogens (tertiary/aromatic N) is 2. The summed E-state index contributed by atoms with van der Waals surface area (Å²) in [7, 11) is 0. The summed E-state index contributed by atoms with van der Waals surface area (Å²) in [6.07, 6.45) is 4.08. The molecule has 1 atom stereocenters. The number of thiocarbonyl (C=S) groups is 1. The molecule has 5 heteroatoms. The zero-order valence-electron chi connectivity index (χ0n) is 10.8. The van der Waals surface area contributed by atoms with Gasteiger partial charge in [-0.05, 0) is 31.0 Å². The Bertz CT molecular complexity index is 408. The summed E-state index contributed by atoms with van der Waals surface area (Å²) < 4.78 is 0.